The molecule has 21 heavy (non-hydrogen) atoms. The van der Waals surface area contributed by atoms with E-state index in [-0.39, 0.29) is 0 Å². The highest BCUT2D eigenvalue weighted by molar-refractivity contribution is 5.50. The van der Waals surface area contributed by atoms with Crippen LogP contribution in [0.15, 0.2) is 24.3 Å². The van der Waals surface area contributed by atoms with E-state index >= 15 is 0 Å². The molecule has 0 radical (unpaired) electrons. The van der Waals surface area contributed by atoms with E-state index < -0.39 is 0 Å². The van der Waals surface area contributed by atoms with Crippen LogP contribution in [0.2, 0.25) is 0 Å². The number of benzene rings is 1. The first-order valence-corrected chi connectivity index (χ1v) is 8.05. The van der Waals surface area contributed by atoms with Gasteiger partial charge in [-0.3, -0.25) is 0 Å². The SMILES string of the molecule is CCC(CC)(CNC(C)C)CN(C)c1cccc(OC)c1. The third-order valence-electron chi connectivity index (χ3n) is 4.45. The summed E-state index contributed by atoms with van der Waals surface area (Å²) in [5.74, 6) is 0.915. The fourth-order valence-corrected chi connectivity index (χ4v) is 2.64. The first kappa shape index (κ1) is 17.8. The number of ether oxygens (including phenoxy) is 1. The zero-order valence-electron chi connectivity index (χ0n) is 14.6. The van der Waals surface area contributed by atoms with Crippen LogP contribution in [0, 0.1) is 5.41 Å². The second-order valence-corrected chi connectivity index (χ2v) is 6.30. The molecule has 120 valence electrons. The average molecular weight is 292 g/mol. The molecule has 0 bridgehead atoms. The lowest BCUT2D eigenvalue weighted by molar-refractivity contribution is 0.248. The van der Waals surface area contributed by atoms with Gasteiger partial charge in [-0.05, 0) is 30.4 Å². The van der Waals surface area contributed by atoms with Crippen LogP contribution >= 0.6 is 0 Å². The third kappa shape index (κ3) is 5.24. The number of hydrogen-bond donors (Lipinski definition) is 1. The van der Waals surface area contributed by atoms with E-state index in [1.54, 1.807) is 7.11 Å². The van der Waals surface area contributed by atoms with Crippen LogP contribution in [-0.4, -0.2) is 33.3 Å². The maximum absolute atomic E-state index is 5.33. The highest BCUT2D eigenvalue weighted by atomic mass is 16.5. The van der Waals surface area contributed by atoms with Crippen molar-refractivity contribution in [3.05, 3.63) is 24.3 Å². The number of rotatable bonds is 9. The Labute approximate surface area is 130 Å². The molecule has 1 N–H and O–H groups in total. The minimum absolute atomic E-state index is 0.308. The van der Waals surface area contributed by atoms with Crippen molar-refractivity contribution in [3.8, 4) is 5.75 Å². The van der Waals surface area contributed by atoms with Gasteiger partial charge in [0.2, 0.25) is 0 Å². The summed E-state index contributed by atoms with van der Waals surface area (Å²) in [6.07, 6.45) is 2.36. The fourth-order valence-electron chi connectivity index (χ4n) is 2.64. The van der Waals surface area contributed by atoms with E-state index in [2.05, 4.69) is 63.2 Å². The zero-order chi connectivity index (χ0) is 15.9. The van der Waals surface area contributed by atoms with Gasteiger partial charge in [0.05, 0.1) is 7.11 Å². The molecule has 0 fully saturated rings. The van der Waals surface area contributed by atoms with E-state index in [1.807, 2.05) is 6.07 Å². The molecule has 0 unspecified atom stereocenters. The highest BCUT2D eigenvalue weighted by Crippen LogP contribution is 2.29. The summed E-state index contributed by atoms with van der Waals surface area (Å²) < 4.78 is 5.33. The van der Waals surface area contributed by atoms with E-state index in [4.69, 9.17) is 4.74 Å². The second-order valence-electron chi connectivity index (χ2n) is 6.30. The van der Waals surface area contributed by atoms with Crippen LogP contribution < -0.4 is 15.0 Å². The maximum atomic E-state index is 5.33. The summed E-state index contributed by atoms with van der Waals surface area (Å²) in [5.41, 5.74) is 1.52. The molecule has 0 heterocycles. The lowest BCUT2D eigenvalue weighted by Gasteiger charge is -2.37. The van der Waals surface area contributed by atoms with Gasteiger partial charge in [0, 0.05) is 37.9 Å². The summed E-state index contributed by atoms with van der Waals surface area (Å²) in [6, 6.07) is 8.83. The van der Waals surface area contributed by atoms with Gasteiger partial charge in [-0.1, -0.05) is 33.8 Å². The molecule has 0 aliphatic carbocycles. The minimum Gasteiger partial charge on any atom is -0.497 e. The number of methoxy groups -OCH3 is 1. The number of nitrogens with zero attached hydrogens (tertiary/aromatic N) is 1. The van der Waals surface area contributed by atoms with Crippen molar-refractivity contribution in [2.75, 3.05) is 32.1 Å². The van der Waals surface area contributed by atoms with Gasteiger partial charge >= 0.3 is 0 Å². The molecule has 0 saturated carbocycles. The predicted molar refractivity (Wildman–Crippen MR) is 92.4 cm³/mol. The maximum Gasteiger partial charge on any atom is 0.120 e. The Kier molecular flexibility index (Phi) is 7.03. The van der Waals surface area contributed by atoms with Gasteiger partial charge in [0.25, 0.3) is 0 Å². The third-order valence-corrected chi connectivity index (χ3v) is 4.45. The molecule has 0 amide bonds. The van der Waals surface area contributed by atoms with E-state index in [9.17, 15) is 0 Å². The van der Waals surface area contributed by atoms with Crippen molar-refractivity contribution in [1.82, 2.24) is 5.32 Å². The lowest BCUT2D eigenvalue weighted by Crippen LogP contribution is -2.44. The molecular weight excluding hydrogens is 260 g/mol. The summed E-state index contributed by atoms with van der Waals surface area (Å²) in [6.45, 7) is 11.1. The first-order chi connectivity index (χ1) is 9.96. The summed E-state index contributed by atoms with van der Waals surface area (Å²) in [4.78, 5) is 2.34. The topological polar surface area (TPSA) is 24.5 Å². The van der Waals surface area contributed by atoms with Gasteiger partial charge in [0.1, 0.15) is 5.75 Å². The van der Waals surface area contributed by atoms with Crippen molar-refractivity contribution < 1.29 is 4.74 Å². The Bertz CT molecular complexity index is 413. The Morgan fingerprint density at radius 3 is 2.43 bits per heavy atom. The van der Waals surface area contributed by atoms with E-state index in [1.165, 1.54) is 18.5 Å². The Morgan fingerprint density at radius 2 is 1.90 bits per heavy atom. The summed E-state index contributed by atoms with van der Waals surface area (Å²) >= 11 is 0. The second kappa shape index (κ2) is 8.28. The van der Waals surface area contributed by atoms with Crippen molar-refractivity contribution in [1.29, 1.82) is 0 Å². The zero-order valence-corrected chi connectivity index (χ0v) is 14.6. The number of nitrogens with one attached hydrogen (secondary N) is 1. The summed E-state index contributed by atoms with van der Waals surface area (Å²) in [7, 11) is 3.89. The number of hydrogen-bond acceptors (Lipinski definition) is 3. The van der Waals surface area contributed by atoms with Gasteiger partial charge in [-0.2, -0.15) is 0 Å². The van der Waals surface area contributed by atoms with Crippen LogP contribution in [0.25, 0.3) is 0 Å². The molecule has 0 atom stereocenters. The molecule has 1 aromatic rings. The van der Waals surface area contributed by atoms with Crippen molar-refractivity contribution in [2.24, 2.45) is 5.41 Å². The minimum atomic E-state index is 0.308. The Balaban J connectivity index is 2.81. The molecule has 0 aromatic heterocycles. The molecule has 1 rings (SSSR count). The van der Waals surface area contributed by atoms with Crippen LogP contribution in [0.3, 0.4) is 0 Å². The van der Waals surface area contributed by atoms with Crippen molar-refractivity contribution >= 4 is 5.69 Å². The van der Waals surface area contributed by atoms with Gasteiger partial charge in [-0.15, -0.1) is 0 Å². The standard InChI is InChI=1S/C18H32N2O/c1-7-18(8-2,13-19-15(3)4)14-20(5)16-10-9-11-17(12-16)21-6/h9-12,15,19H,7-8,13-14H2,1-6H3. The van der Waals surface area contributed by atoms with E-state index in [0.29, 0.717) is 11.5 Å². The molecule has 0 aliphatic rings. The molecule has 1 aromatic carbocycles. The Morgan fingerprint density at radius 1 is 1.24 bits per heavy atom. The molecule has 0 saturated heterocycles. The van der Waals surface area contributed by atoms with Gasteiger partial charge in [-0.25, -0.2) is 0 Å². The van der Waals surface area contributed by atoms with Crippen molar-refractivity contribution in [3.63, 3.8) is 0 Å². The molecule has 3 nitrogen and oxygen atoms in total. The monoisotopic (exact) mass is 292 g/mol. The Hall–Kier alpha value is -1.22. The quantitative estimate of drug-likeness (QED) is 0.746. The van der Waals surface area contributed by atoms with Crippen LogP contribution in [0.4, 0.5) is 5.69 Å². The van der Waals surface area contributed by atoms with E-state index in [0.717, 1.165) is 18.8 Å². The lowest BCUT2D eigenvalue weighted by atomic mass is 9.81. The number of anilines is 1. The van der Waals surface area contributed by atoms with Gasteiger partial charge < -0.3 is 15.0 Å². The van der Waals surface area contributed by atoms with Crippen LogP contribution in [0.1, 0.15) is 40.5 Å². The first-order valence-electron chi connectivity index (χ1n) is 8.05. The van der Waals surface area contributed by atoms with Crippen molar-refractivity contribution in [2.45, 2.75) is 46.6 Å². The van der Waals surface area contributed by atoms with Crippen LogP contribution in [-0.2, 0) is 0 Å². The normalized spacial score (nSPS) is 11.8. The molecule has 0 spiro atoms. The largest absolute Gasteiger partial charge is 0.497 e. The summed E-state index contributed by atoms with van der Waals surface area (Å²) in [5, 5.41) is 3.62. The molecule has 3 heteroatoms. The highest BCUT2D eigenvalue weighted by Gasteiger charge is 2.28. The fraction of sp³-hybridized carbons (Fsp3) is 0.667. The molecule has 0 aliphatic heterocycles. The van der Waals surface area contributed by atoms with Gasteiger partial charge in [0.15, 0.2) is 0 Å². The smallest absolute Gasteiger partial charge is 0.120 e. The predicted octanol–water partition coefficient (Wildman–Crippen LogP) is 3.94. The average Bonchev–Trinajstić information content (AvgIpc) is 2.51. The molecular formula is C18H32N2O. The van der Waals surface area contributed by atoms with Crippen LogP contribution in [0.5, 0.6) is 5.75 Å².